The number of carbonyl (C=O) groups excluding carboxylic acids is 6. The standard InChI is InChI=1S/C48H64F2N6O6.C32H28F8N4O2.C28H30F2N4/c1-27(2)39(51-45(59)61-47(5,6)7)43(57)53-19-11-13-31(53)25-35-33-17-15-29(49)23-37(33)55-21-22-56-38-24-30(50)16-18-34(38)36(42(56)41(35)55)26-32-14-12-20-54(32)44(58)40(28(3)4)52-46(60)62-48(8,9)10;33-17-5-7-21-23(15-19-3-1-9-41(19)29(45)31(35,36)37)27-28-24(16-20-4-2-10-42(20)30(46)32(38,39)40)22-8-6-18(34)14-26(22)44(28)12-11-43(27)25(21)13-17;29-17-5-7-21-23(15-19-3-1-9-31-19)27-28-24(16-20-4-2-10-32-20)22-8-6-18(30)14-26(22)34(28)12-11-33(27)25(21)13-17/h15-18,23-24,27-28,31-32,39-40H,11-14,19-22,25-26H2,1-10H3,(H,51,59)(H,52,60);5-8,13-14,19-20H,1-4,9-12,15-16H2;5-8,13-14,19-20,31-32H,1-4,9-12,15-16H2/t31-,32-,39-,40-;2*19-,20-/m000/s1. The van der Waals surface area contributed by atoms with E-state index >= 15 is 8.78 Å². The lowest BCUT2D eigenvalue weighted by Crippen LogP contribution is -2.53. The summed E-state index contributed by atoms with van der Waals surface area (Å²) in [5, 5.41) is 18.2. The van der Waals surface area contributed by atoms with Crippen LogP contribution in [0.2, 0.25) is 0 Å². The second-order valence-corrected chi connectivity index (χ2v) is 42.6. The van der Waals surface area contributed by atoms with Crippen molar-refractivity contribution in [2.75, 3.05) is 39.3 Å². The van der Waals surface area contributed by atoms with Gasteiger partial charge in [0.05, 0.1) is 67.3 Å². The number of benzene rings is 6. The molecule has 0 saturated carbocycles. The Balaban J connectivity index is 0.000000141. The molecule has 9 aliphatic heterocycles. The van der Waals surface area contributed by atoms with Gasteiger partial charge in [0, 0.05) is 134 Å². The number of likely N-dealkylation sites (tertiary alicyclic amines) is 4. The number of alkyl halides is 6. The molecular weight excluding hydrogens is 1850 g/mol. The number of nitrogens with one attached hydrogen (secondary N) is 4. The summed E-state index contributed by atoms with van der Waals surface area (Å²) < 4.78 is 193. The molecule has 0 aliphatic carbocycles. The van der Waals surface area contributed by atoms with Crippen molar-refractivity contribution in [2.24, 2.45) is 11.8 Å². The number of amides is 6. The van der Waals surface area contributed by atoms with Gasteiger partial charge in [0.15, 0.2) is 0 Å². The van der Waals surface area contributed by atoms with Gasteiger partial charge in [-0.1, -0.05) is 27.7 Å². The quantitative estimate of drug-likeness (QED) is 0.0597. The van der Waals surface area contributed by atoms with Crippen molar-refractivity contribution >= 4 is 101 Å². The van der Waals surface area contributed by atoms with E-state index in [0.717, 1.165) is 141 Å². The van der Waals surface area contributed by atoms with Crippen LogP contribution in [0.3, 0.4) is 0 Å². The Bertz CT molecular complexity index is 6540. The topological polar surface area (TPSA) is 212 Å². The lowest BCUT2D eigenvalue weighted by atomic mass is 9.94. The molecule has 9 aliphatic rings. The summed E-state index contributed by atoms with van der Waals surface area (Å²) in [5.74, 6) is -6.78. The van der Waals surface area contributed by atoms with Gasteiger partial charge in [-0.05, 0) is 325 Å². The number of hydrogen-bond donors (Lipinski definition) is 4. The Morgan fingerprint density at radius 3 is 0.761 bits per heavy atom. The zero-order chi connectivity index (χ0) is 101. The van der Waals surface area contributed by atoms with Crippen LogP contribution in [0.25, 0.3) is 99.6 Å². The summed E-state index contributed by atoms with van der Waals surface area (Å²) in [6, 6.07) is 25.7. The largest absolute Gasteiger partial charge is 0.471 e. The van der Waals surface area contributed by atoms with Crippen molar-refractivity contribution in [2.45, 2.75) is 296 Å². The normalized spacial score (nSPS) is 20.1. The van der Waals surface area contributed by atoms with Gasteiger partial charge in [-0.25, -0.2) is 35.9 Å². The summed E-state index contributed by atoms with van der Waals surface area (Å²) in [6.07, 6.45) is 0.586. The fraction of sp³-hybridized carbons (Fsp3) is 0.500. The highest BCUT2D eigenvalue weighted by Gasteiger charge is 2.50. The minimum Gasteiger partial charge on any atom is -0.444 e. The van der Waals surface area contributed by atoms with E-state index in [9.17, 15) is 72.7 Å². The lowest BCUT2D eigenvalue weighted by molar-refractivity contribution is -0.186. The molecule has 0 bridgehead atoms. The number of fused-ring (bicyclic) bond motifs is 21. The van der Waals surface area contributed by atoms with Gasteiger partial charge in [0.25, 0.3) is 0 Å². The van der Waals surface area contributed by atoms with Crippen LogP contribution in [0.4, 0.5) is 62.3 Å². The Labute approximate surface area is 815 Å². The van der Waals surface area contributed by atoms with Gasteiger partial charge in [0.1, 0.15) is 58.2 Å². The van der Waals surface area contributed by atoms with Crippen molar-refractivity contribution in [3.05, 3.63) is 177 Å². The Morgan fingerprint density at radius 1 is 0.324 bits per heavy atom. The van der Waals surface area contributed by atoms with Gasteiger partial charge in [-0.3, -0.25) is 19.2 Å². The predicted molar refractivity (Wildman–Crippen MR) is 520 cm³/mol. The van der Waals surface area contributed by atoms with Crippen LogP contribution >= 0.6 is 0 Å². The smallest absolute Gasteiger partial charge is 0.444 e. The zero-order valence-corrected chi connectivity index (χ0v) is 81.7. The van der Waals surface area contributed by atoms with E-state index in [1.165, 1.54) is 84.6 Å². The predicted octanol–water partition coefficient (Wildman–Crippen LogP) is 20.6. The molecule has 6 saturated heterocycles. The van der Waals surface area contributed by atoms with Crippen LogP contribution in [0.15, 0.2) is 109 Å². The fourth-order valence-electron chi connectivity index (χ4n) is 24.4. The first-order valence-corrected chi connectivity index (χ1v) is 50.2. The summed E-state index contributed by atoms with van der Waals surface area (Å²) in [6.45, 7) is 24.5. The second-order valence-electron chi connectivity index (χ2n) is 42.6. The van der Waals surface area contributed by atoms with Gasteiger partial charge in [-0.15, -0.1) is 0 Å². The molecule has 142 heavy (non-hydrogen) atoms. The first-order valence-electron chi connectivity index (χ1n) is 50.2. The van der Waals surface area contributed by atoms with E-state index in [1.807, 2.05) is 70.9 Å². The van der Waals surface area contributed by atoms with Crippen molar-refractivity contribution in [3.63, 3.8) is 0 Å². The molecule has 12 aromatic rings. The van der Waals surface area contributed by atoms with E-state index in [4.69, 9.17) is 9.47 Å². The Kier molecular flexibility index (Phi) is 26.9. The van der Waals surface area contributed by atoms with Crippen LogP contribution in [-0.4, -0.2) is 194 Å². The number of hydrogen-bond acceptors (Lipinski definition) is 10. The molecule has 6 fully saturated rings. The van der Waals surface area contributed by atoms with E-state index < -0.39 is 83.4 Å². The third-order valence-electron chi connectivity index (χ3n) is 30.4. The molecule has 6 amide bonds. The average molecular weight is 1970 g/mol. The van der Waals surface area contributed by atoms with Crippen LogP contribution in [0, 0.1) is 46.7 Å². The number of aryl methyl sites for hydroxylation is 6. The van der Waals surface area contributed by atoms with Crippen LogP contribution < -0.4 is 21.3 Å². The average Bonchev–Trinajstić information content (AvgIpc) is 1.56. The van der Waals surface area contributed by atoms with E-state index in [0.29, 0.717) is 134 Å². The lowest BCUT2D eigenvalue weighted by Gasteiger charge is -2.32. The molecule has 756 valence electrons. The molecule has 6 aromatic carbocycles. The SMILES string of the molecule is CC(C)[C@H](NC(=O)OC(C)(C)C)C(=O)N1CCC[C@H]1Cc1c2n(c3cc(F)ccc13)CCn1c-2c(C[C@@H]2CCCN2C(=O)[C@@H](NC(=O)OC(C)(C)C)C(C)C)c2ccc(F)cc21.Fc1ccc2c(C[C@@H]3CCCN3)c3n(c2c1)CCn1c-3c(C[C@@H]2CCCN2)c2ccc(F)cc21.O=C(N1CCC[C@H]1Cc1c2n(c3cc(F)ccc13)CCn1c-2c(C[C@@H]2CCCN2C(=O)C(F)(F)F)c2ccc(F)cc21)C(F)(F)F. The number of aromatic nitrogens is 6. The van der Waals surface area contributed by atoms with Crippen molar-refractivity contribution in [3.8, 4) is 34.2 Å². The molecule has 0 radical (unpaired) electrons. The summed E-state index contributed by atoms with van der Waals surface area (Å²) in [4.78, 5) is 84.8. The maximum Gasteiger partial charge on any atom is 0.471 e. The first-order chi connectivity index (χ1) is 67.5. The Morgan fingerprint density at radius 2 is 0.549 bits per heavy atom. The minimum absolute atomic E-state index is 0.0176. The van der Waals surface area contributed by atoms with E-state index in [-0.39, 0.29) is 84.9 Å². The number of halogens is 12. The van der Waals surface area contributed by atoms with Gasteiger partial charge >= 0.3 is 36.4 Å². The van der Waals surface area contributed by atoms with Crippen molar-refractivity contribution < 1.29 is 90.9 Å². The van der Waals surface area contributed by atoms with Crippen molar-refractivity contribution in [1.29, 1.82) is 0 Å². The third kappa shape index (κ3) is 19.1. The molecule has 6 aromatic heterocycles. The number of carbonyl (C=O) groups is 6. The first kappa shape index (κ1) is 98.8. The maximum atomic E-state index is 15.2. The summed E-state index contributed by atoms with van der Waals surface area (Å²) in [5.41, 5.74) is 14.0. The van der Waals surface area contributed by atoms with Crippen LogP contribution in [0.5, 0.6) is 0 Å². The van der Waals surface area contributed by atoms with Crippen molar-refractivity contribution in [1.82, 2.24) is 68.3 Å². The fourth-order valence-corrected chi connectivity index (χ4v) is 24.4. The number of alkyl carbamates (subject to hydrolysis) is 2. The van der Waals surface area contributed by atoms with E-state index in [1.54, 1.807) is 90.1 Å². The summed E-state index contributed by atoms with van der Waals surface area (Å²) >= 11 is 0. The molecule has 4 N–H and O–H groups in total. The zero-order valence-electron chi connectivity index (χ0n) is 81.7. The molecule has 8 atom stereocenters. The van der Waals surface area contributed by atoms with Crippen LogP contribution in [0.1, 0.15) is 180 Å². The van der Waals surface area contributed by atoms with Gasteiger partial charge in [0.2, 0.25) is 11.8 Å². The maximum absolute atomic E-state index is 15.2. The molecular formula is C108H122F12N14O8. The van der Waals surface area contributed by atoms with E-state index in [2.05, 4.69) is 39.5 Å². The third-order valence-corrected chi connectivity index (χ3v) is 30.4. The number of rotatable bonds is 18. The number of nitrogens with zero attached hydrogens (tertiary/aromatic N) is 10. The minimum atomic E-state index is -5.06. The number of ether oxygens (including phenoxy) is 2. The summed E-state index contributed by atoms with van der Waals surface area (Å²) in [7, 11) is 0. The second kappa shape index (κ2) is 38.6. The molecule has 22 nitrogen and oxygen atoms in total. The Hall–Kier alpha value is -11.9. The molecule has 21 rings (SSSR count). The highest BCUT2D eigenvalue weighted by atomic mass is 19.4. The highest BCUT2D eigenvalue weighted by Crippen LogP contribution is 2.51. The van der Waals surface area contributed by atoms with Gasteiger partial charge in [-0.2, -0.15) is 26.3 Å². The highest BCUT2D eigenvalue weighted by molar-refractivity contribution is 6.02. The monoisotopic (exact) mass is 1970 g/mol. The van der Waals surface area contributed by atoms with Gasteiger partial charge < -0.3 is 77.7 Å². The van der Waals surface area contributed by atoms with Crippen LogP contribution in [-0.2, 0) is 106 Å². The molecule has 0 unspecified atom stereocenters. The molecule has 15 heterocycles. The molecule has 0 spiro atoms. The molecule has 34 heteroatoms.